The fourth-order valence-electron chi connectivity index (χ4n) is 3.62. The van der Waals surface area contributed by atoms with Crippen LogP contribution in [-0.2, 0) is 9.59 Å². The van der Waals surface area contributed by atoms with Crippen LogP contribution in [0, 0.1) is 5.41 Å². The van der Waals surface area contributed by atoms with Crippen molar-refractivity contribution in [2.24, 2.45) is 5.41 Å². The summed E-state index contributed by atoms with van der Waals surface area (Å²) in [5, 5.41) is 0. The predicted molar refractivity (Wildman–Crippen MR) is 99.4 cm³/mol. The maximum Gasteiger partial charge on any atom is 0.238 e. The Kier molecular flexibility index (Phi) is 5.30. The number of piperazine rings is 1. The number of amides is 2. The summed E-state index contributed by atoms with van der Waals surface area (Å²) in [4.78, 5) is 31.7. The van der Waals surface area contributed by atoms with Crippen LogP contribution >= 0.6 is 0 Å². The van der Waals surface area contributed by atoms with Gasteiger partial charge in [-0.05, 0) is 31.4 Å². The van der Waals surface area contributed by atoms with Crippen LogP contribution in [0.1, 0.15) is 32.6 Å². The van der Waals surface area contributed by atoms with Crippen LogP contribution in [0.25, 0.3) is 0 Å². The molecule has 1 heterocycles. The molecule has 136 valence electrons. The van der Waals surface area contributed by atoms with Crippen molar-refractivity contribution >= 4 is 17.5 Å². The van der Waals surface area contributed by atoms with Crippen molar-refractivity contribution in [3.63, 3.8) is 0 Å². The summed E-state index contributed by atoms with van der Waals surface area (Å²) in [5.41, 5.74) is 0.448. The summed E-state index contributed by atoms with van der Waals surface area (Å²) in [6.45, 7) is 5.90. The Balaban J connectivity index is 1.58. The molecule has 1 saturated carbocycles. The highest BCUT2D eigenvalue weighted by Gasteiger charge is 2.59. The lowest BCUT2D eigenvalue weighted by atomic mass is 10.0. The smallest absolute Gasteiger partial charge is 0.238 e. The Morgan fingerprint density at radius 3 is 2.28 bits per heavy atom. The summed E-state index contributed by atoms with van der Waals surface area (Å²) in [5.74, 6) is 0.0741. The van der Waals surface area contributed by atoms with Gasteiger partial charge in [0.2, 0.25) is 11.8 Å². The van der Waals surface area contributed by atoms with E-state index in [1.54, 1.807) is 4.90 Å². The minimum Gasteiger partial charge on any atom is -0.368 e. The monoisotopic (exact) mass is 343 g/mol. The largest absolute Gasteiger partial charge is 0.368 e. The van der Waals surface area contributed by atoms with Gasteiger partial charge in [-0.3, -0.25) is 9.59 Å². The van der Waals surface area contributed by atoms with Crippen LogP contribution in [0.15, 0.2) is 30.3 Å². The van der Waals surface area contributed by atoms with Gasteiger partial charge in [-0.2, -0.15) is 0 Å². The number of unbranched alkanes of at least 4 members (excludes halogenated alkanes) is 1. The maximum absolute atomic E-state index is 13.0. The van der Waals surface area contributed by atoms with Crippen molar-refractivity contribution in [1.82, 2.24) is 9.80 Å². The average Bonchev–Trinajstić information content (AvgIpc) is 3.47. The third-order valence-electron chi connectivity index (χ3n) is 5.45. The van der Waals surface area contributed by atoms with Crippen molar-refractivity contribution in [1.29, 1.82) is 0 Å². The van der Waals surface area contributed by atoms with Gasteiger partial charge >= 0.3 is 0 Å². The summed E-state index contributed by atoms with van der Waals surface area (Å²) in [6.07, 6.45) is 3.46. The van der Waals surface area contributed by atoms with Gasteiger partial charge in [-0.25, -0.2) is 0 Å². The number of benzene rings is 1. The number of rotatable bonds is 6. The van der Waals surface area contributed by atoms with Gasteiger partial charge in [0.15, 0.2) is 0 Å². The average molecular weight is 343 g/mol. The molecule has 0 aromatic heterocycles. The molecule has 0 atom stereocenters. The van der Waals surface area contributed by atoms with Gasteiger partial charge in [0.25, 0.3) is 0 Å². The highest BCUT2D eigenvalue weighted by Crippen LogP contribution is 2.48. The molecular weight excluding hydrogens is 314 g/mol. The molecule has 25 heavy (non-hydrogen) atoms. The minimum atomic E-state index is -0.753. The first-order valence-electron chi connectivity index (χ1n) is 9.43. The standard InChI is InChI=1S/C20H29N3O2/c1-3-4-12-21(2)18(24)20(10-11-20)19(25)23-15-13-22(14-16-23)17-8-6-5-7-9-17/h5-9H,3-4,10-16H2,1-2H3. The van der Waals surface area contributed by atoms with Crippen LogP contribution in [0.4, 0.5) is 5.69 Å². The zero-order valence-electron chi connectivity index (χ0n) is 15.4. The number of carbonyl (C=O) groups excluding carboxylic acids is 2. The molecule has 5 heteroatoms. The summed E-state index contributed by atoms with van der Waals surface area (Å²) in [6, 6.07) is 10.3. The van der Waals surface area contributed by atoms with Crippen molar-refractivity contribution in [3.8, 4) is 0 Å². The molecule has 1 saturated heterocycles. The van der Waals surface area contributed by atoms with Gasteiger partial charge < -0.3 is 14.7 Å². The fourth-order valence-corrected chi connectivity index (χ4v) is 3.62. The Bertz CT molecular complexity index is 605. The molecule has 0 unspecified atom stereocenters. The van der Waals surface area contributed by atoms with Crippen LogP contribution < -0.4 is 4.90 Å². The zero-order chi connectivity index (χ0) is 17.9. The van der Waals surface area contributed by atoms with E-state index in [0.717, 1.165) is 32.5 Å². The number of anilines is 1. The minimum absolute atomic E-state index is 0.0245. The lowest BCUT2D eigenvalue weighted by Gasteiger charge is -2.38. The van der Waals surface area contributed by atoms with Crippen molar-refractivity contribution < 1.29 is 9.59 Å². The Labute approximate surface area is 150 Å². The van der Waals surface area contributed by atoms with Crippen molar-refractivity contribution in [2.45, 2.75) is 32.6 Å². The molecule has 0 bridgehead atoms. The highest BCUT2D eigenvalue weighted by atomic mass is 16.2. The first-order chi connectivity index (χ1) is 12.1. The Morgan fingerprint density at radius 2 is 1.72 bits per heavy atom. The molecule has 0 N–H and O–H groups in total. The third-order valence-corrected chi connectivity index (χ3v) is 5.45. The summed E-state index contributed by atoms with van der Waals surface area (Å²) < 4.78 is 0. The second-order valence-corrected chi connectivity index (χ2v) is 7.28. The Hall–Kier alpha value is -2.04. The maximum atomic E-state index is 13.0. The molecule has 5 nitrogen and oxygen atoms in total. The van der Waals surface area contributed by atoms with Gasteiger partial charge in [0.1, 0.15) is 5.41 Å². The molecule has 2 fully saturated rings. The molecule has 1 aliphatic carbocycles. The van der Waals surface area contributed by atoms with Gasteiger partial charge in [0, 0.05) is 45.5 Å². The van der Waals surface area contributed by atoms with Crippen LogP contribution in [-0.4, -0.2) is 61.4 Å². The molecule has 0 spiro atoms. The number of carbonyl (C=O) groups is 2. The predicted octanol–water partition coefficient (Wildman–Crippen LogP) is 2.37. The zero-order valence-corrected chi connectivity index (χ0v) is 15.4. The van der Waals surface area contributed by atoms with E-state index in [9.17, 15) is 9.59 Å². The fraction of sp³-hybridized carbons (Fsp3) is 0.600. The van der Waals surface area contributed by atoms with E-state index in [1.165, 1.54) is 5.69 Å². The van der Waals surface area contributed by atoms with E-state index in [2.05, 4.69) is 24.0 Å². The first-order valence-corrected chi connectivity index (χ1v) is 9.43. The second-order valence-electron chi connectivity index (χ2n) is 7.28. The molecule has 1 aliphatic heterocycles. The number of hydrogen-bond donors (Lipinski definition) is 0. The number of nitrogens with zero attached hydrogens (tertiary/aromatic N) is 3. The van der Waals surface area contributed by atoms with Gasteiger partial charge in [0.05, 0.1) is 0 Å². The number of hydrogen-bond acceptors (Lipinski definition) is 3. The molecule has 3 rings (SSSR count). The topological polar surface area (TPSA) is 43.9 Å². The lowest BCUT2D eigenvalue weighted by Crippen LogP contribution is -2.53. The van der Waals surface area contributed by atoms with Crippen LogP contribution in [0.2, 0.25) is 0 Å². The van der Waals surface area contributed by atoms with E-state index < -0.39 is 5.41 Å². The first kappa shape index (κ1) is 17.8. The SMILES string of the molecule is CCCCN(C)C(=O)C1(C(=O)N2CCN(c3ccccc3)CC2)CC1. The summed E-state index contributed by atoms with van der Waals surface area (Å²) in [7, 11) is 1.83. The Morgan fingerprint density at radius 1 is 1.08 bits per heavy atom. The third kappa shape index (κ3) is 3.65. The normalized spacial score (nSPS) is 18.8. The summed E-state index contributed by atoms with van der Waals surface area (Å²) >= 11 is 0. The molecule has 2 amide bonds. The van der Waals surface area contributed by atoms with Gasteiger partial charge in [-0.1, -0.05) is 31.5 Å². The van der Waals surface area contributed by atoms with E-state index in [0.29, 0.717) is 25.9 Å². The molecule has 1 aromatic rings. The van der Waals surface area contributed by atoms with Crippen molar-refractivity contribution in [3.05, 3.63) is 30.3 Å². The molecule has 2 aliphatic rings. The number of para-hydroxylation sites is 1. The molecular formula is C20H29N3O2. The van der Waals surface area contributed by atoms with E-state index >= 15 is 0 Å². The van der Waals surface area contributed by atoms with Gasteiger partial charge in [-0.15, -0.1) is 0 Å². The van der Waals surface area contributed by atoms with E-state index in [1.807, 2.05) is 30.1 Å². The van der Waals surface area contributed by atoms with E-state index in [-0.39, 0.29) is 11.8 Å². The molecule has 0 radical (unpaired) electrons. The molecule has 1 aromatic carbocycles. The quantitative estimate of drug-likeness (QED) is 0.745. The highest BCUT2D eigenvalue weighted by molar-refractivity contribution is 6.07. The van der Waals surface area contributed by atoms with Crippen LogP contribution in [0.5, 0.6) is 0 Å². The second kappa shape index (κ2) is 7.46. The van der Waals surface area contributed by atoms with Crippen molar-refractivity contribution in [2.75, 3.05) is 44.7 Å². The lowest BCUT2D eigenvalue weighted by molar-refractivity contribution is -0.149. The van der Waals surface area contributed by atoms with Crippen LogP contribution in [0.3, 0.4) is 0 Å². The van der Waals surface area contributed by atoms with E-state index in [4.69, 9.17) is 0 Å².